The van der Waals surface area contributed by atoms with Gasteiger partial charge in [0.1, 0.15) is 0 Å². The highest BCUT2D eigenvalue weighted by Crippen LogP contribution is 2.24. The van der Waals surface area contributed by atoms with E-state index in [0.717, 1.165) is 31.7 Å². The second-order valence-electron chi connectivity index (χ2n) is 11.5. The zero-order valence-corrected chi connectivity index (χ0v) is 27.5. The van der Waals surface area contributed by atoms with E-state index in [1.807, 2.05) is 0 Å². The van der Waals surface area contributed by atoms with Gasteiger partial charge in [-0.25, -0.2) is 0 Å². The zero-order valence-electron chi connectivity index (χ0n) is 26.5. The molecule has 1 atom stereocenters. The maximum absolute atomic E-state index is 12.2. The van der Waals surface area contributed by atoms with Gasteiger partial charge >= 0.3 is 8.80 Å². The minimum Gasteiger partial charge on any atom is -0.374 e. The highest BCUT2D eigenvalue weighted by molar-refractivity contribution is 6.60. The normalized spacial score (nSPS) is 12.9. The van der Waals surface area contributed by atoms with Gasteiger partial charge in [-0.3, -0.25) is 4.39 Å². The molecule has 0 saturated carbocycles. The molecular formula is C33H69FO3Si. The Morgan fingerprint density at radius 1 is 0.500 bits per heavy atom. The largest absolute Gasteiger partial charge is 0.501 e. The molecule has 0 spiro atoms. The van der Waals surface area contributed by atoms with Crippen LogP contribution in [0, 0.1) is 0 Å². The molecule has 0 aromatic carbocycles. The summed E-state index contributed by atoms with van der Waals surface area (Å²) in [5.41, 5.74) is 0. The lowest BCUT2D eigenvalue weighted by Crippen LogP contribution is -2.48. The lowest BCUT2D eigenvalue weighted by molar-refractivity contribution is 0.0342. The number of halogens is 1. The van der Waals surface area contributed by atoms with Crippen molar-refractivity contribution in [3.8, 4) is 0 Å². The molecule has 0 aliphatic carbocycles. The van der Waals surface area contributed by atoms with Crippen LogP contribution in [0.3, 0.4) is 0 Å². The van der Waals surface area contributed by atoms with Crippen LogP contribution >= 0.6 is 0 Å². The van der Waals surface area contributed by atoms with Crippen LogP contribution in [0.15, 0.2) is 0 Å². The summed E-state index contributed by atoms with van der Waals surface area (Å²) >= 11 is 0. The van der Waals surface area contributed by atoms with Gasteiger partial charge in [0, 0.05) is 25.4 Å². The van der Waals surface area contributed by atoms with E-state index in [-0.39, 0.29) is 12.8 Å². The Labute approximate surface area is 240 Å². The van der Waals surface area contributed by atoms with E-state index >= 15 is 0 Å². The molecule has 0 N–H and O–H groups in total. The van der Waals surface area contributed by atoms with Crippen LogP contribution in [0.25, 0.3) is 0 Å². The maximum atomic E-state index is 12.2. The van der Waals surface area contributed by atoms with Crippen LogP contribution < -0.4 is 0 Å². The Kier molecular flexibility index (Phi) is 30.0. The van der Waals surface area contributed by atoms with E-state index in [4.69, 9.17) is 13.3 Å². The highest BCUT2D eigenvalue weighted by Gasteiger charge is 2.41. The van der Waals surface area contributed by atoms with Gasteiger partial charge in [-0.15, -0.1) is 0 Å². The van der Waals surface area contributed by atoms with Gasteiger partial charge in [0.2, 0.25) is 0 Å². The predicted octanol–water partition coefficient (Wildman–Crippen LogP) is 11.8. The SMILES string of the molecule is CCCCCCCCCCCCCCCCCC(C)O[Si](CCCCCCCCCCF)(OCC)OCC. The van der Waals surface area contributed by atoms with E-state index in [2.05, 4.69) is 27.7 Å². The maximum Gasteiger partial charge on any atom is 0.501 e. The first-order valence-corrected chi connectivity index (χ1v) is 19.1. The van der Waals surface area contributed by atoms with Gasteiger partial charge in [-0.1, -0.05) is 142 Å². The lowest BCUT2D eigenvalue weighted by atomic mass is 10.0. The number of rotatable bonds is 32. The van der Waals surface area contributed by atoms with Crippen LogP contribution in [0.4, 0.5) is 4.39 Å². The molecule has 0 heterocycles. The van der Waals surface area contributed by atoms with Gasteiger partial charge in [0.25, 0.3) is 0 Å². The molecule has 1 unspecified atom stereocenters. The van der Waals surface area contributed by atoms with Crippen molar-refractivity contribution >= 4 is 8.80 Å². The van der Waals surface area contributed by atoms with Crippen LogP contribution in [0.1, 0.15) is 182 Å². The van der Waals surface area contributed by atoms with Crippen molar-refractivity contribution in [3.05, 3.63) is 0 Å². The van der Waals surface area contributed by atoms with Gasteiger partial charge in [-0.05, 0) is 40.0 Å². The number of hydrogen-bond acceptors (Lipinski definition) is 3. The van der Waals surface area contributed by atoms with Crippen LogP contribution in [0.2, 0.25) is 6.04 Å². The van der Waals surface area contributed by atoms with Crippen molar-refractivity contribution in [1.82, 2.24) is 0 Å². The molecule has 0 rings (SSSR count). The number of alkyl halides is 1. The van der Waals surface area contributed by atoms with Crippen molar-refractivity contribution in [2.45, 2.75) is 194 Å². The topological polar surface area (TPSA) is 27.7 Å². The fourth-order valence-corrected chi connectivity index (χ4v) is 8.34. The highest BCUT2D eigenvalue weighted by atomic mass is 28.4. The van der Waals surface area contributed by atoms with Gasteiger partial charge < -0.3 is 13.3 Å². The van der Waals surface area contributed by atoms with E-state index in [1.165, 1.54) is 128 Å². The quantitative estimate of drug-likeness (QED) is 0.0605. The average Bonchev–Trinajstić information content (AvgIpc) is 2.90. The Balaban J connectivity index is 3.89. The fourth-order valence-electron chi connectivity index (χ4n) is 5.42. The Bertz CT molecular complexity index is 446. The zero-order chi connectivity index (χ0) is 28.0. The van der Waals surface area contributed by atoms with Crippen molar-refractivity contribution in [2.24, 2.45) is 0 Å². The molecule has 0 aromatic heterocycles. The molecule has 5 heteroatoms. The van der Waals surface area contributed by atoms with Crippen LogP contribution in [-0.4, -0.2) is 34.8 Å². The summed E-state index contributed by atoms with van der Waals surface area (Å²) in [7, 11) is -2.60. The van der Waals surface area contributed by atoms with Crippen molar-refractivity contribution < 1.29 is 17.7 Å². The molecule has 38 heavy (non-hydrogen) atoms. The van der Waals surface area contributed by atoms with Crippen molar-refractivity contribution in [1.29, 1.82) is 0 Å². The van der Waals surface area contributed by atoms with E-state index in [1.54, 1.807) is 0 Å². The summed E-state index contributed by atoms with van der Waals surface area (Å²) in [4.78, 5) is 0. The van der Waals surface area contributed by atoms with E-state index in [0.29, 0.717) is 13.2 Å². The molecule has 0 aromatic rings. The van der Waals surface area contributed by atoms with Gasteiger partial charge in [0.15, 0.2) is 0 Å². The summed E-state index contributed by atoms with van der Waals surface area (Å²) in [6.07, 6.45) is 31.3. The molecule has 0 amide bonds. The first-order valence-electron chi connectivity index (χ1n) is 17.2. The Hall–Kier alpha value is 0.0269. The summed E-state index contributed by atoms with van der Waals surface area (Å²) < 4.78 is 31.1. The molecular weight excluding hydrogens is 491 g/mol. The third kappa shape index (κ3) is 25.0. The van der Waals surface area contributed by atoms with Crippen LogP contribution in [0.5, 0.6) is 0 Å². The molecule has 0 fully saturated rings. The first kappa shape index (κ1) is 38.0. The second kappa shape index (κ2) is 30.0. The average molecular weight is 561 g/mol. The third-order valence-electron chi connectivity index (χ3n) is 7.69. The Morgan fingerprint density at radius 2 is 0.868 bits per heavy atom. The lowest BCUT2D eigenvalue weighted by Gasteiger charge is -2.32. The van der Waals surface area contributed by atoms with Gasteiger partial charge in [0.05, 0.1) is 6.67 Å². The first-order chi connectivity index (χ1) is 18.6. The summed E-state index contributed by atoms with van der Waals surface area (Å²) in [6.45, 7) is 9.77. The molecule has 230 valence electrons. The van der Waals surface area contributed by atoms with Crippen molar-refractivity contribution in [3.63, 3.8) is 0 Å². The van der Waals surface area contributed by atoms with Gasteiger partial charge in [-0.2, -0.15) is 0 Å². The minimum absolute atomic E-state index is 0.167. The molecule has 0 aliphatic rings. The minimum atomic E-state index is -2.60. The second-order valence-corrected chi connectivity index (χ2v) is 14.2. The monoisotopic (exact) mass is 561 g/mol. The summed E-state index contributed by atoms with van der Waals surface area (Å²) in [5, 5.41) is 0. The number of hydrogen-bond donors (Lipinski definition) is 0. The van der Waals surface area contributed by atoms with E-state index < -0.39 is 8.80 Å². The predicted molar refractivity (Wildman–Crippen MR) is 167 cm³/mol. The molecule has 0 radical (unpaired) electrons. The molecule has 0 saturated heterocycles. The third-order valence-corrected chi connectivity index (χ3v) is 10.9. The summed E-state index contributed by atoms with van der Waals surface area (Å²) in [6, 6.07) is 0.930. The van der Waals surface area contributed by atoms with Crippen LogP contribution in [-0.2, 0) is 13.3 Å². The standard InChI is InChI=1S/C33H69FO3Si/c1-5-8-9-10-11-12-13-14-15-16-17-18-21-24-27-30-33(4)37-38(35-6-2,36-7-3)32-29-26-23-20-19-22-25-28-31-34/h33H,5-32H2,1-4H3. The molecule has 0 bridgehead atoms. The smallest absolute Gasteiger partial charge is 0.374 e. The molecule has 3 nitrogen and oxygen atoms in total. The van der Waals surface area contributed by atoms with Crippen molar-refractivity contribution in [2.75, 3.05) is 19.9 Å². The Morgan fingerprint density at radius 3 is 1.26 bits per heavy atom. The number of unbranched alkanes of at least 4 members (excludes halogenated alkanes) is 21. The fraction of sp³-hybridized carbons (Fsp3) is 1.00. The summed E-state index contributed by atoms with van der Waals surface area (Å²) in [5.74, 6) is 0. The van der Waals surface area contributed by atoms with E-state index in [9.17, 15) is 4.39 Å². The molecule has 0 aliphatic heterocycles.